The molecular formula is C28H31N7O. The van der Waals surface area contributed by atoms with Gasteiger partial charge in [0.15, 0.2) is 5.69 Å². The quantitative estimate of drug-likeness (QED) is 0.405. The predicted molar refractivity (Wildman–Crippen MR) is 144 cm³/mol. The van der Waals surface area contributed by atoms with Gasteiger partial charge in [0, 0.05) is 43.3 Å². The van der Waals surface area contributed by atoms with E-state index in [0.717, 1.165) is 59.7 Å². The molecule has 36 heavy (non-hydrogen) atoms. The highest BCUT2D eigenvalue weighted by atomic mass is 16.1. The van der Waals surface area contributed by atoms with E-state index in [2.05, 4.69) is 41.3 Å². The Morgan fingerprint density at radius 1 is 0.806 bits per heavy atom. The van der Waals surface area contributed by atoms with Crippen LogP contribution >= 0.6 is 0 Å². The van der Waals surface area contributed by atoms with Crippen LogP contribution in [0.3, 0.4) is 0 Å². The third kappa shape index (κ3) is 4.63. The highest BCUT2D eigenvalue weighted by molar-refractivity contribution is 6.11. The fraction of sp³-hybridized carbons (Fsp3) is 0.357. The average Bonchev–Trinajstić information content (AvgIpc) is 3.38. The minimum atomic E-state index is -0.258. The summed E-state index contributed by atoms with van der Waals surface area (Å²) in [5.74, 6) is 0.703. The molecule has 1 amide bonds. The van der Waals surface area contributed by atoms with Gasteiger partial charge in [-0.3, -0.25) is 14.9 Å². The van der Waals surface area contributed by atoms with Crippen LogP contribution in [-0.4, -0.2) is 52.3 Å². The maximum atomic E-state index is 13.1. The minimum Gasteiger partial charge on any atom is -0.370 e. The summed E-state index contributed by atoms with van der Waals surface area (Å²) in [5.41, 5.74) is 5.04. The van der Waals surface area contributed by atoms with Gasteiger partial charge < -0.3 is 15.1 Å². The lowest BCUT2D eigenvalue weighted by Crippen LogP contribution is -2.30. The molecule has 0 aliphatic carbocycles. The van der Waals surface area contributed by atoms with Gasteiger partial charge in [0.25, 0.3) is 5.91 Å². The zero-order valence-electron chi connectivity index (χ0n) is 20.4. The van der Waals surface area contributed by atoms with E-state index in [9.17, 15) is 4.79 Å². The molecule has 0 saturated carbocycles. The number of carbonyl (C=O) groups excluding carboxylic acids is 1. The van der Waals surface area contributed by atoms with Crippen LogP contribution in [0.4, 0.5) is 17.2 Å². The normalized spacial score (nSPS) is 16.3. The van der Waals surface area contributed by atoms with Crippen LogP contribution < -0.4 is 15.1 Å². The SMILES string of the molecule is O=C(Nc1ccc(N2CCCCC2)nc1)c1n[nH]c2ccc(-c3cncc(N4CCCCC4)c3)cc12. The number of fused-ring (bicyclic) bond motifs is 1. The Morgan fingerprint density at radius 3 is 2.33 bits per heavy atom. The molecule has 8 nitrogen and oxygen atoms in total. The molecule has 8 heteroatoms. The first-order valence-corrected chi connectivity index (χ1v) is 13.0. The number of pyridine rings is 2. The van der Waals surface area contributed by atoms with E-state index < -0.39 is 0 Å². The van der Waals surface area contributed by atoms with E-state index in [0.29, 0.717) is 11.4 Å². The number of piperidine rings is 2. The molecule has 2 saturated heterocycles. The summed E-state index contributed by atoms with van der Waals surface area (Å²) in [4.78, 5) is 26.9. The number of rotatable bonds is 5. The number of hydrogen-bond acceptors (Lipinski definition) is 6. The lowest BCUT2D eigenvalue weighted by atomic mass is 10.0. The van der Waals surface area contributed by atoms with Crippen molar-refractivity contribution in [1.29, 1.82) is 0 Å². The van der Waals surface area contributed by atoms with E-state index in [4.69, 9.17) is 0 Å². The summed E-state index contributed by atoms with van der Waals surface area (Å²) in [6, 6.07) is 12.1. The minimum absolute atomic E-state index is 0.258. The fourth-order valence-corrected chi connectivity index (χ4v) is 5.24. The van der Waals surface area contributed by atoms with Gasteiger partial charge in [-0.05, 0) is 74.4 Å². The number of aromatic nitrogens is 4. The number of nitrogens with zero attached hydrogens (tertiary/aromatic N) is 5. The molecule has 184 valence electrons. The van der Waals surface area contributed by atoms with Crippen molar-refractivity contribution in [2.24, 2.45) is 0 Å². The van der Waals surface area contributed by atoms with E-state index in [1.807, 2.05) is 42.7 Å². The van der Waals surface area contributed by atoms with Crippen LogP contribution in [0.15, 0.2) is 55.0 Å². The highest BCUT2D eigenvalue weighted by Gasteiger charge is 2.17. The molecule has 2 aliphatic rings. The van der Waals surface area contributed by atoms with Gasteiger partial charge in [0.2, 0.25) is 0 Å². The number of H-pyrrole nitrogens is 1. The molecule has 6 rings (SSSR count). The van der Waals surface area contributed by atoms with Crippen LogP contribution in [0.25, 0.3) is 22.0 Å². The number of amides is 1. The van der Waals surface area contributed by atoms with Crippen molar-refractivity contribution >= 4 is 34.0 Å². The molecule has 2 aliphatic heterocycles. The predicted octanol–water partition coefficient (Wildman–Crippen LogP) is 5.25. The smallest absolute Gasteiger partial charge is 0.276 e. The molecule has 0 atom stereocenters. The molecule has 2 N–H and O–H groups in total. The molecule has 5 heterocycles. The number of aromatic amines is 1. The van der Waals surface area contributed by atoms with Gasteiger partial charge in [-0.15, -0.1) is 0 Å². The second kappa shape index (κ2) is 9.97. The summed E-state index contributed by atoms with van der Waals surface area (Å²) < 4.78 is 0. The Balaban J connectivity index is 1.22. The van der Waals surface area contributed by atoms with Crippen molar-refractivity contribution in [3.05, 3.63) is 60.7 Å². The zero-order valence-corrected chi connectivity index (χ0v) is 20.4. The largest absolute Gasteiger partial charge is 0.370 e. The van der Waals surface area contributed by atoms with Crippen LogP contribution in [-0.2, 0) is 0 Å². The molecule has 4 aromatic rings. The summed E-state index contributed by atoms with van der Waals surface area (Å²) in [6.07, 6.45) is 13.0. The van der Waals surface area contributed by atoms with Crippen molar-refractivity contribution < 1.29 is 4.79 Å². The topological polar surface area (TPSA) is 90.0 Å². The van der Waals surface area contributed by atoms with E-state index in [1.54, 1.807) is 6.20 Å². The molecular weight excluding hydrogens is 450 g/mol. The first-order chi connectivity index (χ1) is 17.7. The van der Waals surface area contributed by atoms with Gasteiger partial charge >= 0.3 is 0 Å². The highest BCUT2D eigenvalue weighted by Crippen LogP contribution is 2.29. The number of nitrogens with one attached hydrogen (secondary N) is 2. The van der Waals surface area contributed by atoms with Gasteiger partial charge in [-0.2, -0.15) is 5.10 Å². The van der Waals surface area contributed by atoms with Gasteiger partial charge in [-0.25, -0.2) is 4.98 Å². The second-order valence-corrected chi connectivity index (χ2v) is 9.72. The third-order valence-corrected chi connectivity index (χ3v) is 7.24. The molecule has 0 spiro atoms. The zero-order chi connectivity index (χ0) is 24.3. The van der Waals surface area contributed by atoms with Gasteiger partial charge in [-0.1, -0.05) is 6.07 Å². The maximum Gasteiger partial charge on any atom is 0.276 e. The number of carbonyl (C=O) groups is 1. The lowest BCUT2D eigenvalue weighted by Gasteiger charge is -2.28. The first-order valence-electron chi connectivity index (χ1n) is 13.0. The molecule has 0 unspecified atom stereocenters. The third-order valence-electron chi connectivity index (χ3n) is 7.24. The van der Waals surface area contributed by atoms with E-state index >= 15 is 0 Å². The van der Waals surface area contributed by atoms with Crippen LogP contribution in [0.5, 0.6) is 0 Å². The molecule has 2 fully saturated rings. The Labute approximate surface area is 210 Å². The van der Waals surface area contributed by atoms with Crippen molar-refractivity contribution in [1.82, 2.24) is 20.2 Å². The summed E-state index contributed by atoms with van der Waals surface area (Å²) in [6.45, 7) is 4.22. The van der Waals surface area contributed by atoms with Gasteiger partial charge in [0.1, 0.15) is 5.82 Å². The monoisotopic (exact) mass is 481 g/mol. The molecule has 0 radical (unpaired) electrons. The average molecular weight is 482 g/mol. The fourth-order valence-electron chi connectivity index (χ4n) is 5.24. The summed E-state index contributed by atoms with van der Waals surface area (Å²) in [7, 11) is 0. The molecule has 1 aromatic carbocycles. The number of hydrogen-bond donors (Lipinski definition) is 2. The Kier molecular flexibility index (Phi) is 6.24. The van der Waals surface area contributed by atoms with Crippen molar-refractivity contribution in [2.45, 2.75) is 38.5 Å². The molecule has 3 aromatic heterocycles. The van der Waals surface area contributed by atoms with E-state index in [1.165, 1.54) is 38.5 Å². The van der Waals surface area contributed by atoms with Crippen molar-refractivity contribution in [3.63, 3.8) is 0 Å². The van der Waals surface area contributed by atoms with Crippen LogP contribution in [0.1, 0.15) is 49.0 Å². The Bertz CT molecular complexity index is 1350. The molecule has 0 bridgehead atoms. The summed E-state index contributed by atoms with van der Waals surface area (Å²) in [5, 5.41) is 11.1. The van der Waals surface area contributed by atoms with Crippen molar-refractivity contribution in [3.8, 4) is 11.1 Å². The number of benzene rings is 1. The number of anilines is 3. The van der Waals surface area contributed by atoms with Crippen LogP contribution in [0.2, 0.25) is 0 Å². The standard InChI is InChI=1S/C28H31N7O/c36-28(31-22-8-10-26(30-18-22)35-13-5-2-6-14-35)27-24-16-20(7-9-25(24)32-33-27)21-15-23(19-29-17-21)34-11-3-1-4-12-34/h7-10,15-19H,1-6,11-14H2,(H,31,36)(H,32,33). The first kappa shape index (κ1) is 22.5. The van der Waals surface area contributed by atoms with Gasteiger partial charge in [0.05, 0.1) is 29.3 Å². The lowest BCUT2D eigenvalue weighted by molar-refractivity contribution is 0.102. The van der Waals surface area contributed by atoms with Crippen LogP contribution in [0, 0.1) is 0 Å². The second-order valence-electron chi connectivity index (χ2n) is 9.72. The Morgan fingerprint density at radius 2 is 1.58 bits per heavy atom. The summed E-state index contributed by atoms with van der Waals surface area (Å²) >= 11 is 0. The van der Waals surface area contributed by atoms with Crippen molar-refractivity contribution in [2.75, 3.05) is 41.3 Å². The van der Waals surface area contributed by atoms with E-state index in [-0.39, 0.29) is 5.91 Å². The Hall–Kier alpha value is -3.94. The maximum absolute atomic E-state index is 13.1.